The molecule has 19 heavy (non-hydrogen) atoms. The fraction of sp³-hybridized carbons (Fsp3) is 0.500. The lowest BCUT2D eigenvalue weighted by molar-refractivity contribution is 0.253. The van der Waals surface area contributed by atoms with Crippen molar-refractivity contribution in [1.29, 1.82) is 0 Å². The zero-order valence-corrected chi connectivity index (χ0v) is 13.1. The molecule has 0 bridgehead atoms. The molecule has 0 aromatic heterocycles. The molecule has 5 nitrogen and oxygen atoms in total. The van der Waals surface area contributed by atoms with Gasteiger partial charge >= 0.3 is 0 Å². The summed E-state index contributed by atoms with van der Waals surface area (Å²) in [5.41, 5.74) is 1.11. The molecule has 0 saturated heterocycles. The number of ether oxygens (including phenoxy) is 1. The Labute approximate surface area is 121 Å². The van der Waals surface area contributed by atoms with Crippen LogP contribution in [0.2, 0.25) is 0 Å². The molecule has 0 radical (unpaired) electrons. The summed E-state index contributed by atoms with van der Waals surface area (Å²) in [6.07, 6.45) is 2.04. The molecule has 1 aromatic rings. The zero-order valence-electron chi connectivity index (χ0n) is 10.6. The molecule has 1 aliphatic heterocycles. The van der Waals surface area contributed by atoms with Crippen LogP contribution in [0.25, 0.3) is 0 Å². The van der Waals surface area contributed by atoms with Crippen molar-refractivity contribution < 1.29 is 13.2 Å². The maximum atomic E-state index is 11.0. The SMILES string of the molecule is CS(=O)(=O)NCCNC1CCOc2ccc(Br)cc21. The Kier molecular flexibility index (Phi) is 4.83. The van der Waals surface area contributed by atoms with Crippen LogP contribution in [0.5, 0.6) is 5.75 Å². The molecule has 0 spiro atoms. The molecule has 0 amide bonds. The van der Waals surface area contributed by atoms with Crippen molar-refractivity contribution in [2.24, 2.45) is 0 Å². The first-order valence-electron chi connectivity index (χ1n) is 6.06. The summed E-state index contributed by atoms with van der Waals surface area (Å²) in [7, 11) is -3.12. The monoisotopic (exact) mass is 348 g/mol. The number of halogens is 1. The quantitative estimate of drug-likeness (QED) is 0.789. The van der Waals surface area contributed by atoms with Crippen LogP contribution in [0, 0.1) is 0 Å². The van der Waals surface area contributed by atoms with Crippen LogP contribution in [0.1, 0.15) is 18.0 Å². The second kappa shape index (κ2) is 6.21. The van der Waals surface area contributed by atoms with Crippen LogP contribution in [0.15, 0.2) is 22.7 Å². The van der Waals surface area contributed by atoms with E-state index in [2.05, 4.69) is 26.0 Å². The fourth-order valence-electron chi connectivity index (χ4n) is 2.06. The summed E-state index contributed by atoms with van der Waals surface area (Å²) in [5, 5.41) is 3.35. The summed E-state index contributed by atoms with van der Waals surface area (Å²) in [5.74, 6) is 0.892. The predicted octanol–water partition coefficient (Wildman–Crippen LogP) is 1.41. The van der Waals surface area contributed by atoms with E-state index in [0.717, 1.165) is 28.5 Å². The Bertz CT molecular complexity index is 548. The van der Waals surface area contributed by atoms with Crippen LogP contribution < -0.4 is 14.8 Å². The van der Waals surface area contributed by atoms with Crippen molar-refractivity contribution in [3.63, 3.8) is 0 Å². The largest absolute Gasteiger partial charge is 0.493 e. The third kappa shape index (κ3) is 4.45. The molecule has 1 atom stereocenters. The van der Waals surface area contributed by atoms with E-state index in [1.165, 1.54) is 0 Å². The van der Waals surface area contributed by atoms with Crippen LogP contribution in [-0.4, -0.2) is 34.4 Å². The molecule has 2 N–H and O–H groups in total. The van der Waals surface area contributed by atoms with Gasteiger partial charge in [0.15, 0.2) is 0 Å². The maximum absolute atomic E-state index is 11.0. The van der Waals surface area contributed by atoms with Gasteiger partial charge in [0.25, 0.3) is 0 Å². The molecule has 1 aliphatic rings. The molecule has 7 heteroatoms. The lowest BCUT2D eigenvalue weighted by Gasteiger charge is -2.27. The van der Waals surface area contributed by atoms with Crippen molar-refractivity contribution in [3.8, 4) is 5.75 Å². The molecule has 1 heterocycles. The molecule has 1 unspecified atom stereocenters. The van der Waals surface area contributed by atoms with Crippen LogP contribution in [0.4, 0.5) is 0 Å². The van der Waals surface area contributed by atoms with Gasteiger partial charge in [-0.1, -0.05) is 15.9 Å². The smallest absolute Gasteiger partial charge is 0.208 e. The van der Waals surface area contributed by atoms with Crippen molar-refractivity contribution in [3.05, 3.63) is 28.2 Å². The first-order chi connectivity index (χ1) is 8.96. The highest BCUT2D eigenvalue weighted by Gasteiger charge is 2.20. The van der Waals surface area contributed by atoms with Crippen molar-refractivity contribution in [2.75, 3.05) is 26.0 Å². The van der Waals surface area contributed by atoms with E-state index in [1.807, 2.05) is 18.2 Å². The Balaban J connectivity index is 1.94. The average Bonchev–Trinajstić information content (AvgIpc) is 2.33. The summed E-state index contributed by atoms with van der Waals surface area (Å²) in [4.78, 5) is 0. The first kappa shape index (κ1) is 14.8. The third-order valence-corrected chi connectivity index (χ3v) is 4.11. The van der Waals surface area contributed by atoms with Gasteiger partial charge in [-0.2, -0.15) is 0 Å². The minimum Gasteiger partial charge on any atom is -0.493 e. The molecular weight excluding hydrogens is 332 g/mol. The molecule has 0 saturated carbocycles. The second-order valence-electron chi connectivity index (χ2n) is 4.49. The molecule has 0 aliphatic carbocycles. The molecule has 1 aromatic carbocycles. The average molecular weight is 349 g/mol. The Morgan fingerprint density at radius 1 is 1.42 bits per heavy atom. The Morgan fingerprint density at radius 2 is 2.21 bits per heavy atom. The second-order valence-corrected chi connectivity index (χ2v) is 7.24. The number of hydrogen-bond donors (Lipinski definition) is 2. The van der Waals surface area contributed by atoms with Crippen molar-refractivity contribution >= 4 is 26.0 Å². The molecule has 0 fully saturated rings. The highest BCUT2D eigenvalue weighted by Crippen LogP contribution is 2.33. The summed E-state index contributed by atoms with van der Waals surface area (Å²) >= 11 is 3.45. The van der Waals surface area contributed by atoms with E-state index in [1.54, 1.807) is 0 Å². The first-order valence-corrected chi connectivity index (χ1v) is 8.74. The topological polar surface area (TPSA) is 67.4 Å². The van der Waals surface area contributed by atoms with Crippen molar-refractivity contribution in [1.82, 2.24) is 10.0 Å². The number of sulfonamides is 1. The van der Waals surface area contributed by atoms with Gasteiger partial charge in [0.1, 0.15) is 5.75 Å². The number of hydrogen-bond acceptors (Lipinski definition) is 4. The van der Waals surface area contributed by atoms with Gasteiger partial charge in [0.05, 0.1) is 12.9 Å². The van der Waals surface area contributed by atoms with Crippen LogP contribution >= 0.6 is 15.9 Å². The highest BCUT2D eigenvalue weighted by molar-refractivity contribution is 9.10. The van der Waals surface area contributed by atoms with Gasteiger partial charge in [0.2, 0.25) is 10.0 Å². The zero-order chi connectivity index (χ0) is 13.9. The van der Waals surface area contributed by atoms with E-state index in [9.17, 15) is 8.42 Å². The third-order valence-electron chi connectivity index (χ3n) is 2.89. The Morgan fingerprint density at radius 3 is 2.95 bits per heavy atom. The highest BCUT2D eigenvalue weighted by atomic mass is 79.9. The summed E-state index contributed by atoms with van der Waals surface area (Å²) < 4.78 is 31.0. The minimum absolute atomic E-state index is 0.197. The normalized spacial score (nSPS) is 18.7. The predicted molar refractivity (Wildman–Crippen MR) is 77.8 cm³/mol. The number of nitrogens with one attached hydrogen (secondary N) is 2. The fourth-order valence-corrected chi connectivity index (χ4v) is 2.91. The number of fused-ring (bicyclic) bond motifs is 1. The number of rotatable bonds is 5. The maximum Gasteiger partial charge on any atom is 0.208 e. The van der Waals surface area contributed by atoms with Crippen LogP contribution in [0.3, 0.4) is 0 Å². The van der Waals surface area contributed by atoms with E-state index in [4.69, 9.17) is 4.74 Å². The van der Waals surface area contributed by atoms with Gasteiger partial charge in [-0.3, -0.25) is 0 Å². The van der Waals surface area contributed by atoms with Crippen molar-refractivity contribution in [2.45, 2.75) is 12.5 Å². The van der Waals surface area contributed by atoms with E-state index >= 15 is 0 Å². The number of benzene rings is 1. The van der Waals surface area contributed by atoms with Crippen LogP contribution in [-0.2, 0) is 10.0 Å². The standard InChI is InChI=1S/C12H17BrN2O3S/c1-19(16,17)15-6-5-14-11-4-7-18-12-3-2-9(13)8-10(11)12/h2-3,8,11,14-15H,4-7H2,1H3. The van der Waals surface area contributed by atoms with E-state index in [-0.39, 0.29) is 6.04 Å². The molecular formula is C12H17BrN2O3S. The van der Waals surface area contributed by atoms with Gasteiger partial charge in [-0.25, -0.2) is 13.1 Å². The summed E-state index contributed by atoms with van der Waals surface area (Å²) in [6, 6.07) is 6.13. The minimum atomic E-state index is -3.12. The molecule has 106 valence electrons. The van der Waals surface area contributed by atoms with Gasteiger partial charge < -0.3 is 10.1 Å². The Hall–Kier alpha value is -0.630. The lowest BCUT2D eigenvalue weighted by atomic mass is 10.0. The van der Waals surface area contributed by atoms with Gasteiger partial charge in [0, 0.05) is 35.6 Å². The summed E-state index contributed by atoms with van der Waals surface area (Å²) in [6.45, 7) is 1.65. The van der Waals surface area contributed by atoms with Gasteiger partial charge in [-0.05, 0) is 18.2 Å². The van der Waals surface area contributed by atoms with Gasteiger partial charge in [-0.15, -0.1) is 0 Å². The lowest BCUT2D eigenvalue weighted by Crippen LogP contribution is -2.34. The molecule has 2 rings (SSSR count). The van der Waals surface area contributed by atoms with E-state index in [0.29, 0.717) is 19.7 Å². The van der Waals surface area contributed by atoms with E-state index < -0.39 is 10.0 Å².